The summed E-state index contributed by atoms with van der Waals surface area (Å²) in [5.74, 6) is -2.22. The van der Waals surface area contributed by atoms with E-state index < -0.39 is 11.8 Å². The second-order valence-corrected chi connectivity index (χ2v) is 5.93. The number of hydrogen-bond donors (Lipinski definition) is 1. The van der Waals surface area contributed by atoms with Crippen molar-refractivity contribution in [3.05, 3.63) is 35.4 Å². The number of alkyl halides is 2. The monoisotopic (exact) mass is 267 g/mol. The molecule has 1 nitrogen and oxygen atoms in total. The number of rotatable bonds is 6. The summed E-state index contributed by atoms with van der Waals surface area (Å²) in [5, 5.41) is 3.17. The Labute approximate surface area is 114 Å². The number of hydrogen-bond acceptors (Lipinski definition) is 1. The van der Waals surface area contributed by atoms with E-state index in [9.17, 15) is 8.78 Å². The summed E-state index contributed by atoms with van der Waals surface area (Å²) in [6.45, 7) is 5.19. The van der Waals surface area contributed by atoms with Gasteiger partial charge in [0, 0.05) is 18.0 Å². The molecule has 1 aromatic rings. The molecule has 0 aliphatic heterocycles. The van der Waals surface area contributed by atoms with Crippen LogP contribution in [-0.4, -0.2) is 13.6 Å². The third-order valence-electron chi connectivity index (χ3n) is 4.04. The minimum atomic E-state index is -2.64. The van der Waals surface area contributed by atoms with E-state index in [4.69, 9.17) is 0 Å². The fraction of sp³-hybridized carbons (Fsp3) is 0.625. The van der Waals surface area contributed by atoms with Gasteiger partial charge in [0.05, 0.1) is 0 Å². The van der Waals surface area contributed by atoms with Gasteiger partial charge in [-0.25, -0.2) is 8.78 Å². The van der Waals surface area contributed by atoms with Gasteiger partial charge in [0.25, 0.3) is 5.92 Å². The minimum Gasteiger partial charge on any atom is -0.319 e. The Morgan fingerprint density at radius 1 is 1.21 bits per heavy atom. The van der Waals surface area contributed by atoms with Gasteiger partial charge in [0.2, 0.25) is 0 Å². The van der Waals surface area contributed by atoms with Crippen molar-refractivity contribution in [2.75, 3.05) is 13.6 Å². The highest BCUT2D eigenvalue weighted by Gasteiger charge is 2.47. The molecule has 0 spiro atoms. The molecule has 106 valence electrons. The average molecular weight is 267 g/mol. The number of benzene rings is 1. The molecular weight excluding hydrogens is 244 g/mol. The molecule has 0 heterocycles. The first-order valence-corrected chi connectivity index (χ1v) is 7.09. The summed E-state index contributed by atoms with van der Waals surface area (Å²) in [4.78, 5) is 0. The highest BCUT2D eigenvalue weighted by Crippen LogP contribution is 2.49. The van der Waals surface area contributed by atoms with E-state index in [0.717, 1.165) is 12.1 Å². The average Bonchev–Trinajstić information content (AvgIpc) is 3.20. The van der Waals surface area contributed by atoms with Crippen molar-refractivity contribution < 1.29 is 8.78 Å². The van der Waals surface area contributed by atoms with Crippen LogP contribution in [0.25, 0.3) is 0 Å². The zero-order chi connectivity index (χ0) is 14.0. The lowest BCUT2D eigenvalue weighted by molar-refractivity contribution is -0.0285. The van der Waals surface area contributed by atoms with Gasteiger partial charge in [-0.15, -0.1) is 0 Å². The van der Waals surface area contributed by atoms with E-state index in [-0.39, 0.29) is 5.56 Å². The maximum Gasteiger partial charge on any atom is 0.276 e. The van der Waals surface area contributed by atoms with Crippen molar-refractivity contribution in [1.82, 2.24) is 5.32 Å². The van der Waals surface area contributed by atoms with Crippen molar-refractivity contribution in [1.29, 1.82) is 0 Å². The molecule has 3 heteroatoms. The molecular formula is C16H23F2N. The van der Waals surface area contributed by atoms with Crippen LogP contribution in [0, 0.1) is 11.8 Å². The van der Waals surface area contributed by atoms with Crippen LogP contribution < -0.4 is 5.32 Å². The fourth-order valence-electron chi connectivity index (χ4n) is 2.59. The van der Waals surface area contributed by atoms with Gasteiger partial charge in [-0.1, -0.05) is 38.1 Å². The van der Waals surface area contributed by atoms with Gasteiger partial charge in [-0.05, 0) is 37.3 Å². The lowest BCUT2D eigenvalue weighted by atomic mass is 9.87. The summed E-state index contributed by atoms with van der Waals surface area (Å²) >= 11 is 0. The Bertz CT molecular complexity index is 407. The zero-order valence-corrected chi connectivity index (χ0v) is 11.9. The second-order valence-electron chi connectivity index (χ2n) is 5.93. The summed E-state index contributed by atoms with van der Waals surface area (Å²) in [6.07, 6.45) is 1.31. The number of likely N-dealkylation sites (N-methyl/N-ethyl adjacent to an activating group) is 1. The summed E-state index contributed by atoms with van der Waals surface area (Å²) in [5.41, 5.74) is 1.31. The Morgan fingerprint density at radius 2 is 1.79 bits per heavy atom. The van der Waals surface area contributed by atoms with Crippen LogP contribution in [0.2, 0.25) is 0 Å². The quantitative estimate of drug-likeness (QED) is 0.816. The maximum absolute atomic E-state index is 14.0. The SMILES string of the molecule is CNCC(c1ccc(C(F)(F)C2CC2)cc1)C(C)C. The van der Waals surface area contributed by atoms with Gasteiger partial charge in [-0.3, -0.25) is 0 Å². The molecule has 0 amide bonds. The van der Waals surface area contributed by atoms with E-state index >= 15 is 0 Å². The van der Waals surface area contributed by atoms with Gasteiger partial charge in [-0.2, -0.15) is 0 Å². The van der Waals surface area contributed by atoms with Crippen molar-refractivity contribution in [3.63, 3.8) is 0 Å². The Hall–Kier alpha value is -0.960. The molecule has 1 aliphatic rings. The second kappa shape index (κ2) is 5.58. The predicted molar refractivity (Wildman–Crippen MR) is 74.6 cm³/mol. The van der Waals surface area contributed by atoms with E-state index in [1.807, 2.05) is 19.2 Å². The topological polar surface area (TPSA) is 12.0 Å². The van der Waals surface area contributed by atoms with E-state index in [2.05, 4.69) is 19.2 Å². The summed E-state index contributed by atoms with van der Waals surface area (Å²) in [6, 6.07) is 6.96. The summed E-state index contributed by atoms with van der Waals surface area (Å²) < 4.78 is 27.9. The fourth-order valence-corrected chi connectivity index (χ4v) is 2.59. The Morgan fingerprint density at radius 3 is 2.21 bits per heavy atom. The molecule has 0 bridgehead atoms. The molecule has 1 atom stereocenters. The molecule has 0 aromatic heterocycles. The van der Waals surface area contributed by atoms with Crippen LogP contribution in [0.3, 0.4) is 0 Å². The Kier molecular flexibility index (Phi) is 4.24. The zero-order valence-electron chi connectivity index (χ0n) is 11.9. The highest BCUT2D eigenvalue weighted by molar-refractivity contribution is 5.29. The molecule has 1 saturated carbocycles. The summed E-state index contributed by atoms with van der Waals surface area (Å²) in [7, 11) is 1.92. The largest absolute Gasteiger partial charge is 0.319 e. The molecule has 0 saturated heterocycles. The van der Waals surface area contributed by atoms with Gasteiger partial charge in [0.15, 0.2) is 0 Å². The first-order valence-electron chi connectivity index (χ1n) is 7.09. The molecule has 1 aromatic carbocycles. The third kappa shape index (κ3) is 3.14. The van der Waals surface area contributed by atoms with Crippen LogP contribution in [-0.2, 0) is 5.92 Å². The minimum absolute atomic E-state index is 0.172. The van der Waals surface area contributed by atoms with Crippen LogP contribution in [0.1, 0.15) is 43.7 Å². The first-order chi connectivity index (χ1) is 8.96. The van der Waals surface area contributed by atoms with Crippen LogP contribution in [0.15, 0.2) is 24.3 Å². The molecule has 1 aliphatic carbocycles. The maximum atomic E-state index is 14.0. The third-order valence-corrected chi connectivity index (χ3v) is 4.04. The standard InChI is InChI=1S/C16H23F2N/c1-11(2)15(10-19-3)12-4-6-13(7-5-12)16(17,18)14-8-9-14/h4-7,11,14-15,19H,8-10H2,1-3H3. The molecule has 1 fully saturated rings. The lowest BCUT2D eigenvalue weighted by Gasteiger charge is -2.22. The highest BCUT2D eigenvalue weighted by atomic mass is 19.3. The Balaban J connectivity index is 2.17. The predicted octanol–water partition coefficient (Wildman–Crippen LogP) is 4.15. The van der Waals surface area contributed by atoms with E-state index in [1.54, 1.807) is 12.1 Å². The molecule has 1 unspecified atom stereocenters. The molecule has 1 N–H and O–H groups in total. The van der Waals surface area contributed by atoms with Gasteiger partial charge in [0.1, 0.15) is 0 Å². The van der Waals surface area contributed by atoms with Crippen molar-refractivity contribution in [2.45, 2.75) is 38.5 Å². The molecule has 19 heavy (non-hydrogen) atoms. The smallest absolute Gasteiger partial charge is 0.276 e. The molecule has 2 rings (SSSR count). The van der Waals surface area contributed by atoms with E-state index in [0.29, 0.717) is 24.7 Å². The van der Waals surface area contributed by atoms with Crippen molar-refractivity contribution >= 4 is 0 Å². The first kappa shape index (κ1) is 14.4. The molecule has 0 radical (unpaired) electrons. The number of halogens is 2. The van der Waals surface area contributed by atoms with E-state index in [1.165, 1.54) is 0 Å². The normalized spacial score (nSPS) is 17.8. The lowest BCUT2D eigenvalue weighted by Crippen LogP contribution is -2.22. The van der Waals surface area contributed by atoms with Crippen LogP contribution >= 0.6 is 0 Å². The van der Waals surface area contributed by atoms with Gasteiger partial charge >= 0.3 is 0 Å². The van der Waals surface area contributed by atoms with Crippen molar-refractivity contribution in [3.8, 4) is 0 Å². The van der Waals surface area contributed by atoms with Crippen LogP contribution in [0.5, 0.6) is 0 Å². The van der Waals surface area contributed by atoms with Gasteiger partial charge < -0.3 is 5.32 Å². The number of nitrogens with one attached hydrogen (secondary N) is 1. The van der Waals surface area contributed by atoms with Crippen molar-refractivity contribution in [2.24, 2.45) is 11.8 Å². The van der Waals surface area contributed by atoms with Crippen LogP contribution in [0.4, 0.5) is 8.78 Å².